The van der Waals surface area contributed by atoms with Gasteiger partial charge < -0.3 is 38.3 Å². The van der Waals surface area contributed by atoms with Crippen molar-refractivity contribution in [3.05, 3.63) is 0 Å². The lowest BCUT2D eigenvalue weighted by atomic mass is 10.0. The second-order valence-electron chi connectivity index (χ2n) is 8.60. The van der Waals surface area contributed by atoms with Crippen LogP contribution >= 0.6 is 0 Å². The van der Waals surface area contributed by atoms with Gasteiger partial charge in [0, 0.05) is 6.42 Å². The van der Waals surface area contributed by atoms with E-state index >= 15 is 0 Å². The van der Waals surface area contributed by atoms with Crippen LogP contribution in [-0.4, -0.2) is 64.8 Å². The van der Waals surface area contributed by atoms with E-state index in [2.05, 4.69) is 16.0 Å². The zero-order valence-electron chi connectivity index (χ0n) is 19.4. The smallest absolute Gasteiger partial charge is 0.326 e. The SMILES string of the molecule is CC(C)CC(NC(=O)C(CCC(N)=O)NC(=O)C(NC(=O)C(N)CC(N)=O)C(C)C)C(=O)O. The Morgan fingerprint density at radius 1 is 0.788 bits per heavy atom. The Hall–Kier alpha value is -3.22. The molecule has 0 aliphatic rings. The number of carbonyl (C=O) groups is 6. The zero-order chi connectivity index (χ0) is 25.9. The van der Waals surface area contributed by atoms with Gasteiger partial charge in [-0.25, -0.2) is 4.79 Å². The monoisotopic (exact) mass is 472 g/mol. The Bertz CT molecular complexity index is 740. The van der Waals surface area contributed by atoms with Gasteiger partial charge in [0.05, 0.1) is 12.5 Å². The Balaban J connectivity index is 5.52. The molecule has 13 heteroatoms. The Kier molecular flexibility index (Phi) is 12.7. The van der Waals surface area contributed by atoms with Crippen molar-refractivity contribution in [1.29, 1.82) is 0 Å². The first-order valence-corrected chi connectivity index (χ1v) is 10.6. The van der Waals surface area contributed by atoms with E-state index in [4.69, 9.17) is 17.2 Å². The molecule has 188 valence electrons. The summed E-state index contributed by atoms with van der Waals surface area (Å²) in [6, 6.07) is -4.88. The van der Waals surface area contributed by atoms with Crippen molar-refractivity contribution in [3.63, 3.8) is 0 Å². The topological polar surface area (TPSA) is 237 Å². The van der Waals surface area contributed by atoms with Crippen LogP contribution in [0.1, 0.15) is 53.4 Å². The lowest BCUT2D eigenvalue weighted by molar-refractivity contribution is -0.143. The summed E-state index contributed by atoms with van der Waals surface area (Å²) in [6.07, 6.45) is -0.697. The fourth-order valence-corrected chi connectivity index (χ4v) is 2.89. The van der Waals surface area contributed by atoms with E-state index in [1.54, 1.807) is 27.7 Å². The summed E-state index contributed by atoms with van der Waals surface area (Å²) >= 11 is 0. The number of carboxylic acid groups (broad SMARTS) is 1. The first-order valence-electron chi connectivity index (χ1n) is 10.6. The molecule has 0 bridgehead atoms. The van der Waals surface area contributed by atoms with Gasteiger partial charge in [-0.05, 0) is 24.7 Å². The second kappa shape index (κ2) is 14.0. The lowest BCUT2D eigenvalue weighted by Crippen LogP contribution is -2.58. The molecule has 0 saturated heterocycles. The van der Waals surface area contributed by atoms with Crippen molar-refractivity contribution in [2.45, 2.75) is 77.5 Å². The number of hydrogen-bond acceptors (Lipinski definition) is 7. The predicted octanol–water partition coefficient (Wildman–Crippen LogP) is -2.30. The molecule has 5 amide bonds. The van der Waals surface area contributed by atoms with Crippen molar-refractivity contribution in [3.8, 4) is 0 Å². The van der Waals surface area contributed by atoms with E-state index in [1.165, 1.54) is 0 Å². The van der Waals surface area contributed by atoms with Crippen LogP contribution in [0.2, 0.25) is 0 Å². The molecule has 0 saturated carbocycles. The van der Waals surface area contributed by atoms with Crippen LogP contribution in [0.5, 0.6) is 0 Å². The maximum absolute atomic E-state index is 12.9. The van der Waals surface area contributed by atoms with Gasteiger partial charge in [0.2, 0.25) is 29.5 Å². The lowest BCUT2D eigenvalue weighted by Gasteiger charge is -2.27. The van der Waals surface area contributed by atoms with Crippen LogP contribution in [-0.2, 0) is 28.8 Å². The third-order valence-corrected chi connectivity index (χ3v) is 4.64. The number of rotatable bonds is 15. The van der Waals surface area contributed by atoms with Crippen LogP contribution in [0.3, 0.4) is 0 Å². The molecule has 10 N–H and O–H groups in total. The van der Waals surface area contributed by atoms with Gasteiger partial charge in [-0.2, -0.15) is 0 Å². The third-order valence-electron chi connectivity index (χ3n) is 4.64. The molecule has 13 nitrogen and oxygen atoms in total. The highest BCUT2D eigenvalue weighted by molar-refractivity contribution is 5.95. The Morgan fingerprint density at radius 2 is 1.33 bits per heavy atom. The first-order chi connectivity index (χ1) is 15.1. The summed E-state index contributed by atoms with van der Waals surface area (Å²) in [7, 11) is 0. The highest BCUT2D eigenvalue weighted by atomic mass is 16.4. The van der Waals surface area contributed by atoms with E-state index in [1.807, 2.05) is 0 Å². The Labute approximate surface area is 192 Å². The molecule has 33 heavy (non-hydrogen) atoms. The van der Waals surface area contributed by atoms with Crippen molar-refractivity contribution in [2.75, 3.05) is 0 Å². The number of carbonyl (C=O) groups excluding carboxylic acids is 5. The average Bonchev–Trinajstić information content (AvgIpc) is 2.66. The molecular formula is C20H36N6O7. The fourth-order valence-electron chi connectivity index (χ4n) is 2.89. The number of amides is 5. The molecule has 0 aliphatic heterocycles. The maximum atomic E-state index is 12.9. The largest absolute Gasteiger partial charge is 0.480 e. The molecule has 4 unspecified atom stereocenters. The number of carboxylic acids is 1. The number of nitrogens with one attached hydrogen (secondary N) is 3. The fraction of sp³-hybridized carbons (Fsp3) is 0.700. The highest BCUT2D eigenvalue weighted by Gasteiger charge is 2.32. The van der Waals surface area contributed by atoms with Crippen molar-refractivity contribution in [1.82, 2.24) is 16.0 Å². The highest BCUT2D eigenvalue weighted by Crippen LogP contribution is 2.08. The van der Waals surface area contributed by atoms with Gasteiger partial charge in [-0.3, -0.25) is 24.0 Å². The van der Waals surface area contributed by atoms with Crippen LogP contribution in [0.25, 0.3) is 0 Å². The van der Waals surface area contributed by atoms with Gasteiger partial charge in [0.15, 0.2) is 0 Å². The molecule has 0 aromatic carbocycles. The van der Waals surface area contributed by atoms with Crippen LogP contribution in [0, 0.1) is 11.8 Å². The summed E-state index contributed by atoms with van der Waals surface area (Å²) in [4.78, 5) is 71.5. The number of aliphatic carboxylic acids is 1. The minimum atomic E-state index is -1.28. The minimum Gasteiger partial charge on any atom is -0.480 e. The number of primary amides is 2. The molecule has 0 aromatic rings. The summed E-state index contributed by atoms with van der Waals surface area (Å²) in [5.41, 5.74) is 15.8. The predicted molar refractivity (Wildman–Crippen MR) is 118 cm³/mol. The zero-order valence-corrected chi connectivity index (χ0v) is 19.4. The first kappa shape index (κ1) is 29.8. The van der Waals surface area contributed by atoms with E-state index in [9.17, 15) is 33.9 Å². The van der Waals surface area contributed by atoms with Gasteiger partial charge in [0.25, 0.3) is 0 Å². The molecule has 0 aromatic heterocycles. The molecular weight excluding hydrogens is 436 g/mol. The van der Waals surface area contributed by atoms with Crippen molar-refractivity contribution in [2.24, 2.45) is 29.0 Å². The van der Waals surface area contributed by atoms with Gasteiger partial charge in [0.1, 0.15) is 18.1 Å². The quantitative estimate of drug-likeness (QED) is 0.136. The van der Waals surface area contributed by atoms with E-state index in [0.29, 0.717) is 0 Å². The molecule has 0 fully saturated rings. The Morgan fingerprint density at radius 3 is 1.76 bits per heavy atom. The van der Waals surface area contributed by atoms with E-state index < -0.39 is 72.0 Å². The summed E-state index contributed by atoms with van der Waals surface area (Å²) in [5.74, 6) is -5.58. The van der Waals surface area contributed by atoms with Crippen LogP contribution in [0.15, 0.2) is 0 Å². The molecule has 0 rings (SSSR count). The van der Waals surface area contributed by atoms with Crippen molar-refractivity contribution < 1.29 is 33.9 Å². The number of nitrogens with two attached hydrogens (primary N) is 3. The standard InChI is InChI=1S/C20H36N6O7/c1-9(2)7-13(20(32)33)25-18(30)12(5-6-14(22)27)24-19(31)16(10(3)4)26-17(29)11(21)8-15(23)28/h9-13,16H,5-8,21H2,1-4H3,(H2,22,27)(H2,23,28)(H,24,31)(H,25,30)(H,26,29)(H,32,33). The number of hydrogen-bond donors (Lipinski definition) is 7. The minimum absolute atomic E-state index is 0.0322. The normalized spacial score (nSPS) is 14.6. The molecule has 0 radical (unpaired) electrons. The molecule has 0 heterocycles. The molecule has 0 spiro atoms. The second-order valence-corrected chi connectivity index (χ2v) is 8.60. The van der Waals surface area contributed by atoms with Gasteiger partial charge in [-0.15, -0.1) is 0 Å². The average molecular weight is 473 g/mol. The maximum Gasteiger partial charge on any atom is 0.326 e. The summed E-state index contributed by atoms with van der Waals surface area (Å²) < 4.78 is 0. The molecule has 0 aliphatic carbocycles. The van der Waals surface area contributed by atoms with Crippen LogP contribution < -0.4 is 33.2 Å². The van der Waals surface area contributed by atoms with E-state index in [0.717, 1.165) is 0 Å². The van der Waals surface area contributed by atoms with Crippen molar-refractivity contribution >= 4 is 35.5 Å². The van der Waals surface area contributed by atoms with E-state index in [-0.39, 0.29) is 25.2 Å². The summed E-state index contributed by atoms with van der Waals surface area (Å²) in [6.45, 7) is 6.83. The van der Waals surface area contributed by atoms with Gasteiger partial charge >= 0.3 is 5.97 Å². The van der Waals surface area contributed by atoms with Crippen LogP contribution in [0.4, 0.5) is 0 Å². The summed E-state index contributed by atoms with van der Waals surface area (Å²) in [5, 5.41) is 16.6. The third kappa shape index (κ3) is 11.8. The molecule has 4 atom stereocenters. The van der Waals surface area contributed by atoms with Gasteiger partial charge in [-0.1, -0.05) is 27.7 Å².